The summed E-state index contributed by atoms with van der Waals surface area (Å²) in [6.45, 7) is 3.30. The highest BCUT2D eigenvalue weighted by Crippen LogP contribution is 2.26. The van der Waals surface area contributed by atoms with Crippen LogP contribution in [0.25, 0.3) is 11.0 Å². The molecule has 2 aromatic rings. The summed E-state index contributed by atoms with van der Waals surface area (Å²) >= 11 is 1.50. The molecule has 2 rings (SSSR count). The minimum atomic E-state index is -0.986. The van der Waals surface area contributed by atoms with E-state index in [9.17, 15) is 4.79 Å². The monoisotopic (exact) mass is 289 g/mol. The Bertz CT molecular complexity index is 678. The molecular weight excluding hydrogens is 274 g/mol. The van der Waals surface area contributed by atoms with Crippen LogP contribution in [0.15, 0.2) is 17.7 Å². The van der Waals surface area contributed by atoms with Gasteiger partial charge in [0.15, 0.2) is 10.8 Å². The molecule has 5 nitrogen and oxygen atoms in total. The van der Waals surface area contributed by atoms with E-state index in [2.05, 4.69) is 17.8 Å². The summed E-state index contributed by atoms with van der Waals surface area (Å²) in [4.78, 5) is 18.1. The van der Waals surface area contributed by atoms with Crippen LogP contribution in [0, 0.1) is 12.3 Å². The van der Waals surface area contributed by atoms with E-state index in [1.54, 1.807) is 6.08 Å². The van der Waals surface area contributed by atoms with Crippen LogP contribution in [-0.4, -0.2) is 33.6 Å². The molecule has 0 radical (unpaired) electrons. The number of carbonyl (C=O) groups is 1. The first-order chi connectivity index (χ1) is 9.67. The lowest BCUT2D eigenvalue weighted by molar-refractivity contribution is -0.131. The van der Waals surface area contributed by atoms with Gasteiger partial charge in [-0.15, -0.1) is 17.8 Å². The number of hydrogen-bond donors (Lipinski definition) is 1. The van der Waals surface area contributed by atoms with Crippen molar-refractivity contribution in [2.24, 2.45) is 0 Å². The summed E-state index contributed by atoms with van der Waals surface area (Å²) in [5, 5.41) is 10.7. The molecule has 2 heterocycles. The lowest BCUT2D eigenvalue weighted by Crippen LogP contribution is -2.25. The van der Waals surface area contributed by atoms with Gasteiger partial charge in [0.2, 0.25) is 0 Å². The van der Waals surface area contributed by atoms with Gasteiger partial charge in [-0.2, -0.15) is 0 Å². The number of carboxylic acids is 1. The number of rotatable bonds is 6. The van der Waals surface area contributed by atoms with Gasteiger partial charge in [-0.25, -0.2) is 9.78 Å². The molecule has 0 bridgehead atoms. The molecular formula is C14H15N3O2S. The maximum Gasteiger partial charge on any atom is 0.328 e. The van der Waals surface area contributed by atoms with Crippen LogP contribution in [0.3, 0.4) is 0 Å². The van der Waals surface area contributed by atoms with Crippen molar-refractivity contribution in [1.29, 1.82) is 0 Å². The van der Waals surface area contributed by atoms with E-state index in [-0.39, 0.29) is 0 Å². The number of anilines is 1. The Morgan fingerprint density at radius 2 is 2.50 bits per heavy atom. The quantitative estimate of drug-likeness (QED) is 0.655. The second kappa shape index (κ2) is 6.26. The molecule has 0 saturated carbocycles. The van der Waals surface area contributed by atoms with Crippen molar-refractivity contribution in [2.45, 2.75) is 13.3 Å². The highest BCUT2D eigenvalue weighted by Gasteiger charge is 2.16. The van der Waals surface area contributed by atoms with Crippen molar-refractivity contribution in [3.05, 3.63) is 23.3 Å². The molecule has 104 valence electrons. The Morgan fingerprint density at radius 1 is 1.70 bits per heavy atom. The van der Waals surface area contributed by atoms with Crippen LogP contribution in [0.1, 0.15) is 19.0 Å². The Hall–Kier alpha value is -2.26. The van der Waals surface area contributed by atoms with Crippen molar-refractivity contribution < 1.29 is 9.90 Å². The van der Waals surface area contributed by atoms with E-state index in [1.165, 1.54) is 11.3 Å². The number of terminal acetylenes is 1. The molecule has 0 aliphatic carbocycles. The first-order valence-corrected chi connectivity index (χ1v) is 7.10. The number of thiazole rings is 1. The number of carboxylic acid groups (broad SMARTS) is 1. The zero-order chi connectivity index (χ0) is 14.5. The Morgan fingerprint density at radius 3 is 3.15 bits per heavy atom. The maximum absolute atomic E-state index is 10.7. The van der Waals surface area contributed by atoms with Crippen LogP contribution in [-0.2, 0) is 4.79 Å². The van der Waals surface area contributed by atoms with Gasteiger partial charge < -0.3 is 10.0 Å². The molecule has 0 amide bonds. The molecule has 0 aromatic carbocycles. The molecule has 0 spiro atoms. The minimum absolute atomic E-state index is 0.451. The summed E-state index contributed by atoms with van der Waals surface area (Å²) in [5.74, 6) is 2.36. The summed E-state index contributed by atoms with van der Waals surface area (Å²) in [6.07, 6.45) is 10.9. The lowest BCUT2D eigenvalue weighted by Gasteiger charge is -2.19. The summed E-state index contributed by atoms with van der Waals surface area (Å²) in [5.41, 5.74) is 0.743. The fraction of sp³-hybridized carbons (Fsp3) is 0.286. The number of aliphatic carboxylic acids is 1. The second-order valence-corrected chi connectivity index (χ2v) is 5.05. The van der Waals surface area contributed by atoms with Gasteiger partial charge in [0.05, 0.1) is 12.2 Å². The van der Waals surface area contributed by atoms with Crippen molar-refractivity contribution in [2.75, 3.05) is 18.0 Å². The number of nitrogens with zero attached hydrogens (tertiary/aromatic N) is 3. The Labute approximate surface area is 121 Å². The predicted octanol–water partition coefficient (Wildman–Crippen LogP) is 2.34. The van der Waals surface area contributed by atoms with Crippen LogP contribution in [0.2, 0.25) is 0 Å². The van der Waals surface area contributed by atoms with Crippen molar-refractivity contribution in [3.63, 3.8) is 0 Å². The third-order valence-corrected chi connectivity index (χ3v) is 3.50. The normalized spacial score (nSPS) is 11.0. The zero-order valence-corrected chi connectivity index (χ0v) is 11.9. The van der Waals surface area contributed by atoms with Crippen LogP contribution in [0.4, 0.5) is 5.82 Å². The molecule has 1 N–H and O–H groups in total. The zero-order valence-electron chi connectivity index (χ0n) is 11.1. The number of imidazole rings is 1. The molecule has 6 heteroatoms. The Kier molecular flexibility index (Phi) is 4.43. The fourth-order valence-corrected chi connectivity index (χ4v) is 2.69. The molecule has 0 saturated heterocycles. The molecule has 0 atom stereocenters. The highest BCUT2D eigenvalue weighted by atomic mass is 32.1. The summed E-state index contributed by atoms with van der Waals surface area (Å²) in [7, 11) is 0. The van der Waals surface area contributed by atoms with E-state index in [4.69, 9.17) is 11.5 Å². The van der Waals surface area contributed by atoms with Gasteiger partial charge >= 0.3 is 5.97 Å². The average molecular weight is 289 g/mol. The van der Waals surface area contributed by atoms with Crippen molar-refractivity contribution >= 4 is 34.2 Å². The van der Waals surface area contributed by atoms with Gasteiger partial charge in [-0.3, -0.25) is 4.40 Å². The topological polar surface area (TPSA) is 57.8 Å². The maximum atomic E-state index is 10.7. The van der Waals surface area contributed by atoms with Crippen molar-refractivity contribution in [1.82, 2.24) is 9.38 Å². The Balaban J connectivity index is 2.50. The SMILES string of the molecule is C#CCN(CCC)c1nc2sccn2c1/C=C/C(=O)O. The van der Waals surface area contributed by atoms with Crippen LogP contribution in [0.5, 0.6) is 0 Å². The van der Waals surface area contributed by atoms with Gasteiger partial charge in [0, 0.05) is 24.2 Å². The van der Waals surface area contributed by atoms with E-state index in [1.807, 2.05) is 20.9 Å². The largest absolute Gasteiger partial charge is 0.478 e. The number of aromatic nitrogens is 2. The molecule has 20 heavy (non-hydrogen) atoms. The van der Waals surface area contributed by atoms with Crippen LogP contribution >= 0.6 is 11.3 Å². The predicted molar refractivity (Wildman–Crippen MR) is 81.1 cm³/mol. The molecule has 0 aliphatic rings. The third-order valence-electron chi connectivity index (χ3n) is 2.74. The number of fused-ring (bicyclic) bond motifs is 1. The van der Waals surface area contributed by atoms with E-state index in [0.717, 1.165) is 35.5 Å². The lowest BCUT2D eigenvalue weighted by atomic mass is 10.3. The van der Waals surface area contributed by atoms with Gasteiger partial charge in [0.1, 0.15) is 0 Å². The molecule has 2 aromatic heterocycles. The number of hydrogen-bond acceptors (Lipinski definition) is 4. The van der Waals surface area contributed by atoms with Crippen molar-refractivity contribution in [3.8, 4) is 12.3 Å². The summed E-state index contributed by atoms with van der Waals surface area (Å²) < 4.78 is 1.87. The molecule has 0 unspecified atom stereocenters. The first-order valence-electron chi connectivity index (χ1n) is 6.22. The van der Waals surface area contributed by atoms with Gasteiger partial charge in [-0.05, 0) is 12.5 Å². The van der Waals surface area contributed by atoms with E-state index < -0.39 is 5.97 Å². The summed E-state index contributed by atoms with van der Waals surface area (Å²) in [6, 6.07) is 0. The van der Waals surface area contributed by atoms with Gasteiger partial charge in [0.25, 0.3) is 0 Å². The smallest absolute Gasteiger partial charge is 0.328 e. The highest BCUT2D eigenvalue weighted by molar-refractivity contribution is 7.15. The third kappa shape index (κ3) is 2.83. The van der Waals surface area contributed by atoms with Crippen LogP contribution < -0.4 is 4.90 Å². The van der Waals surface area contributed by atoms with E-state index in [0.29, 0.717) is 6.54 Å². The minimum Gasteiger partial charge on any atom is -0.478 e. The first kappa shape index (κ1) is 14.2. The fourth-order valence-electron chi connectivity index (χ4n) is 1.97. The average Bonchev–Trinajstić information content (AvgIpc) is 2.96. The second-order valence-electron chi connectivity index (χ2n) is 4.17. The van der Waals surface area contributed by atoms with E-state index >= 15 is 0 Å². The molecule has 0 fully saturated rings. The molecule has 0 aliphatic heterocycles. The standard InChI is InChI=1S/C14H15N3O2S/c1-3-7-16(8-4-2)13-11(5-6-12(18)19)17-9-10-20-14(17)15-13/h1,5-6,9-10H,4,7-8H2,2H3,(H,18,19)/b6-5+. The van der Waals surface area contributed by atoms with Gasteiger partial charge in [-0.1, -0.05) is 12.8 Å².